The van der Waals surface area contributed by atoms with Gasteiger partial charge < -0.3 is 10.1 Å². The van der Waals surface area contributed by atoms with E-state index in [1.807, 2.05) is 16.8 Å². The highest BCUT2D eigenvalue weighted by molar-refractivity contribution is 7.07. The van der Waals surface area contributed by atoms with Crippen LogP contribution in [0.1, 0.15) is 50.5 Å². The molecular formula is C16H23NO3S. The van der Waals surface area contributed by atoms with Crippen molar-refractivity contribution in [3.63, 3.8) is 0 Å². The first kappa shape index (κ1) is 16.0. The Bertz CT molecular complexity index is 436. The zero-order valence-electron chi connectivity index (χ0n) is 12.3. The quantitative estimate of drug-likeness (QED) is 0.851. The summed E-state index contributed by atoms with van der Waals surface area (Å²) in [6, 6.07) is 2.13. The minimum absolute atomic E-state index is 0.167. The van der Waals surface area contributed by atoms with Gasteiger partial charge in [0.05, 0.1) is 6.42 Å². The maximum Gasteiger partial charge on any atom is 0.310 e. The van der Waals surface area contributed by atoms with Gasteiger partial charge in [-0.15, -0.1) is 0 Å². The summed E-state index contributed by atoms with van der Waals surface area (Å²) in [4.78, 5) is 23.4. The lowest BCUT2D eigenvalue weighted by Gasteiger charge is -2.20. The minimum atomic E-state index is -0.346. The highest BCUT2D eigenvalue weighted by Gasteiger charge is 2.15. The van der Waals surface area contributed by atoms with Crippen LogP contribution in [0.15, 0.2) is 16.8 Å². The fraction of sp³-hybridized carbons (Fsp3) is 0.625. The second kappa shape index (κ2) is 8.82. The molecule has 0 spiro atoms. The lowest BCUT2D eigenvalue weighted by Crippen LogP contribution is -2.38. The van der Waals surface area contributed by atoms with Crippen LogP contribution in [-0.4, -0.2) is 24.5 Å². The van der Waals surface area contributed by atoms with Gasteiger partial charge in [-0.1, -0.05) is 32.1 Å². The molecule has 1 aromatic rings. The second-order valence-electron chi connectivity index (χ2n) is 5.58. The van der Waals surface area contributed by atoms with Crippen LogP contribution in [0.5, 0.6) is 0 Å². The summed E-state index contributed by atoms with van der Waals surface area (Å²) >= 11 is 1.55. The topological polar surface area (TPSA) is 55.4 Å². The summed E-state index contributed by atoms with van der Waals surface area (Å²) < 4.78 is 5.03. The average Bonchev–Trinajstić information content (AvgIpc) is 2.92. The summed E-state index contributed by atoms with van der Waals surface area (Å²) in [6.45, 7) is -0.167. The van der Waals surface area contributed by atoms with Crippen molar-refractivity contribution in [2.75, 3.05) is 6.61 Å². The number of hydrogen-bond donors (Lipinski definition) is 1. The summed E-state index contributed by atoms with van der Waals surface area (Å²) in [5, 5.41) is 6.82. The molecule has 2 rings (SSSR count). The van der Waals surface area contributed by atoms with E-state index >= 15 is 0 Å². The Balaban J connectivity index is 1.65. The molecule has 0 aliphatic heterocycles. The van der Waals surface area contributed by atoms with E-state index in [2.05, 4.69) is 5.32 Å². The van der Waals surface area contributed by atoms with Crippen LogP contribution in [-0.2, 0) is 20.7 Å². The zero-order valence-corrected chi connectivity index (χ0v) is 13.1. The van der Waals surface area contributed by atoms with Gasteiger partial charge in [0.15, 0.2) is 6.61 Å². The molecule has 1 fully saturated rings. The molecule has 0 bridgehead atoms. The summed E-state index contributed by atoms with van der Waals surface area (Å²) in [7, 11) is 0. The predicted molar refractivity (Wildman–Crippen MR) is 83.2 cm³/mol. The molecule has 5 heteroatoms. The number of ether oxygens (including phenoxy) is 1. The Hall–Kier alpha value is -1.36. The molecule has 0 unspecified atom stereocenters. The SMILES string of the molecule is O=C(COC(=O)Cc1ccsc1)NC1CCCCCCC1. The smallest absolute Gasteiger partial charge is 0.310 e. The number of hydrogen-bond acceptors (Lipinski definition) is 4. The van der Waals surface area contributed by atoms with Crippen molar-refractivity contribution in [1.29, 1.82) is 0 Å². The molecule has 116 valence electrons. The van der Waals surface area contributed by atoms with E-state index in [4.69, 9.17) is 4.74 Å². The molecule has 21 heavy (non-hydrogen) atoms. The molecule has 0 radical (unpaired) electrons. The number of rotatable bonds is 5. The maximum absolute atomic E-state index is 11.8. The third-order valence-electron chi connectivity index (χ3n) is 3.76. The Labute approximate surface area is 129 Å². The molecule has 0 saturated heterocycles. The van der Waals surface area contributed by atoms with Crippen molar-refractivity contribution in [2.24, 2.45) is 0 Å². The highest BCUT2D eigenvalue weighted by Crippen LogP contribution is 2.17. The third kappa shape index (κ3) is 6.29. The first-order chi connectivity index (χ1) is 10.2. The molecule has 1 aromatic heterocycles. The number of nitrogens with one attached hydrogen (secondary N) is 1. The number of esters is 1. The van der Waals surface area contributed by atoms with Gasteiger partial charge in [0.1, 0.15) is 0 Å². The fourth-order valence-corrected chi connectivity index (χ4v) is 3.30. The van der Waals surface area contributed by atoms with E-state index in [-0.39, 0.29) is 30.9 Å². The van der Waals surface area contributed by atoms with Gasteiger partial charge in [0.25, 0.3) is 5.91 Å². The Morgan fingerprint density at radius 2 is 1.90 bits per heavy atom. The Morgan fingerprint density at radius 1 is 1.19 bits per heavy atom. The van der Waals surface area contributed by atoms with Crippen molar-refractivity contribution in [2.45, 2.75) is 57.4 Å². The monoisotopic (exact) mass is 309 g/mol. The molecule has 0 atom stereocenters. The Kier molecular flexibility index (Phi) is 6.73. The van der Waals surface area contributed by atoms with Crippen LogP contribution >= 0.6 is 11.3 Å². The molecule has 0 aromatic carbocycles. The number of thiophene rings is 1. The van der Waals surface area contributed by atoms with Crippen LogP contribution in [0.3, 0.4) is 0 Å². The van der Waals surface area contributed by atoms with E-state index in [0.717, 1.165) is 18.4 Å². The van der Waals surface area contributed by atoms with Crippen molar-refractivity contribution in [3.8, 4) is 0 Å². The van der Waals surface area contributed by atoms with Gasteiger partial charge in [-0.05, 0) is 35.2 Å². The molecule has 1 heterocycles. The standard InChI is InChI=1S/C16H23NO3S/c18-15(17-14-6-4-2-1-3-5-7-14)11-20-16(19)10-13-8-9-21-12-13/h8-9,12,14H,1-7,10-11H2,(H,17,18). The average molecular weight is 309 g/mol. The third-order valence-corrected chi connectivity index (χ3v) is 4.50. The predicted octanol–water partition coefficient (Wildman–Crippen LogP) is 3.06. The van der Waals surface area contributed by atoms with Crippen LogP contribution in [0, 0.1) is 0 Å². The van der Waals surface area contributed by atoms with Gasteiger partial charge in [-0.25, -0.2) is 0 Å². The molecule has 1 aliphatic rings. The van der Waals surface area contributed by atoms with Crippen LogP contribution < -0.4 is 5.32 Å². The molecular weight excluding hydrogens is 286 g/mol. The Morgan fingerprint density at radius 3 is 2.57 bits per heavy atom. The summed E-state index contributed by atoms with van der Waals surface area (Å²) in [6.07, 6.45) is 8.46. The molecule has 4 nitrogen and oxygen atoms in total. The van der Waals surface area contributed by atoms with Gasteiger partial charge in [0.2, 0.25) is 0 Å². The number of carbonyl (C=O) groups excluding carboxylic acids is 2. The van der Waals surface area contributed by atoms with Gasteiger partial charge in [-0.2, -0.15) is 11.3 Å². The van der Waals surface area contributed by atoms with E-state index in [1.54, 1.807) is 11.3 Å². The summed E-state index contributed by atoms with van der Waals surface area (Å²) in [5.41, 5.74) is 0.936. The first-order valence-corrected chi connectivity index (χ1v) is 8.64. The van der Waals surface area contributed by atoms with Crippen LogP contribution in [0.2, 0.25) is 0 Å². The highest BCUT2D eigenvalue weighted by atomic mass is 32.1. The summed E-state index contributed by atoms with van der Waals surface area (Å²) in [5.74, 6) is -0.527. The minimum Gasteiger partial charge on any atom is -0.455 e. The molecule has 1 aliphatic carbocycles. The van der Waals surface area contributed by atoms with Gasteiger partial charge >= 0.3 is 5.97 Å². The van der Waals surface area contributed by atoms with E-state index < -0.39 is 0 Å². The molecule has 1 saturated carbocycles. The van der Waals surface area contributed by atoms with Crippen molar-refractivity contribution >= 4 is 23.2 Å². The first-order valence-electron chi connectivity index (χ1n) is 7.70. The maximum atomic E-state index is 11.8. The van der Waals surface area contributed by atoms with Gasteiger partial charge in [-0.3, -0.25) is 9.59 Å². The van der Waals surface area contributed by atoms with E-state index in [0.29, 0.717) is 0 Å². The lowest BCUT2D eigenvalue weighted by atomic mass is 9.97. The van der Waals surface area contributed by atoms with Crippen molar-refractivity contribution in [3.05, 3.63) is 22.4 Å². The lowest BCUT2D eigenvalue weighted by molar-refractivity contribution is -0.148. The largest absolute Gasteiger partial charge is 0.455 e. The fourth-order valence-electron chi connectivity index (χ4n) is 2.63. The zero-order chi connectivity index (χ0) is 14.9. The number of carbonyl (C=O) groups is 2. The van der Waals surface area contributed by atoms with E-state index in [9.17, 15) is 9.59 Å². The number of amides is 1. The normalized spacial score (nSPS) is 16.8. The molecule has 1 N–H and O–H groups in total. The molecule has 1 amide bonds. The van der Waals surface area contributed by atoms with Gasteiger partial charge in [0, 0.05) is 6.04 Å². The van der Waals surface area contributed by atoms with Crippen LogP contribution in [0.25, 0.3) is 0 Å². The second-order valence-corrected chi connectivity index (χ2v) is 6.36. The van der Waals surface area contributed by atoms with Crippen LogP contribution in [0.4, 0.5) is 0 Å². The van der Waals surface area contributed by atoms with Crippen molar-refractivity contribution < 1.29 is 14.3 Å². The van der Waals surface area contributed by atoms with E-state index in [1.165, 1.54) is 32.1 Å². The van der Waals surface area contributed by atoms with Crippen molar-refractivity contribution in [1.82, 2.24) is 5.32 Å².